The molecule has 2 aromatic carbocycles. The van der Waals surface area contributed by atoms with Crippen molar-refractivity contribution in [2.45, 2.75) is 55.0 Å². The first-order valence-electron chi connectivity index (χ1n) is 10.8. The molecule has 0 saturated heterocycles. The number of fused-ring (bicyclic) bond motifs is 3. The van der Waals surface area contributed by atoms with E-state index in [1.54, 1.807) is 7.11 Å². The lowest BCUT2D eigenvalue weighted by atomic mass is 10.00. The molecule has 0 radical (unpaired) electrons. The van der Waals surface area contributed by atoms with Crippen molar-refractivity contribution in [3.05, 3.63) is 70.3 Å². The Labute approximate surface area is 196 Å². The molecule has 0 N–H and O–H groups in total. The second-order valence-corrected chi connectivity index (χ2v) is 6.90. The van der Waals surface area contributed by atoms with Gasteiger partial charge < -0.3 is 9.53 Å². The number of benzene rings is 2. The number of carbonyl (C=O) groups is 1. The first-order valence-corrected chi connectivity index (χ1v) is 11.2. The van der Waals surface area contributed by atoms with Gasteiger partial charge in [0.15, 0.2) is 5.82 Å². The van der Waals surface area contributed by atoms with Gasteiger partial charge in [-0.15, -0.1) is 10.2 Å². The number of rotatable bonds is 2. The molecule has 32 heavy (non-hydrogen) atoms. The zero-order valence-electron chi connectivity index (χ0n) is 20.2. The average Bonchev–Trinajstić information content (AvgIpc) is 3.08. The lowest BCUT2D eigenvalue weighted by Gasteiger charge is -2.14. The van der Waals surface area contributed by atoms with E-state index in [2.05, 4.69) is 10.2 Å². The van der Waals surface area contributed by atoms with Crippen molar-refractivity contribution in [2.24, 2.45) is 4.99 Å². The van der Waals surface area contributed by atoms with Crippen LogP contribution in [0.3, 0.4) is 0 Å². The molecular weight excluding hydrogens is 424 g/mol. The normalized spacial score (nSPS) is 10.8. The minimum absolute atomic E-state index is 0.167. The third-order valence-corrected chi connectivity index (χ3v) is 4.34. The summed E-state index contributed by atoms with van der Waals surface area (Å²) in [5.74, 6) is 2.61. The van der Waals surface area contributed by atoms with Gasteiger partial charge in [-0.2, -0.15) is 0 Å². The molecule has 0 atom stereocenters. The number of aryl methyl sites for hydroxylation is 1. The van der Waals surface area contributed by atoms with Crippen LogP contribution in [0.25, 0.3) is 5.69 Å². The molecule has 4 rings (SSSR count). The lowest BCUT2D eigenvalue weighted by Crippen LogP contribution is -2.08. The van der Waals surface area contributed by atoms with Crippen molar-refractivity contribution in [1.82, 2.24) is 14.8 Å². The number of aliphatic imine (C=N–C) groups is 1. The number of hydrogen-bond donors (Lipinski definition) is 0. The number of ketones is 1. The van der Waals surface area contributed by atoms with E-state index in [9.17, 15) is 4.79 Å². The van der Waals surface area contributed by atoms with E-state index in [1.807, 2.05) is 81.7 Å². The smallest absolute Gasteiger partial charge is 0.159 e. The highest BCUT2D eigenvalue weighted by Gasteiger charge is 2.22. The van der Waals surface area contributed by atoms with Crippen LogP contribution in [0.1, 0.15) is 64.3 Å². The Kier molecular flexibility index (Phi) is 11.3. The number of carbonyl (C=O) groups excluding carboxylic acids is 1. The molecule has 0 fully saturated rings. The summed E-state index contributed by atoms with van der Waals surface area (Å²) in [5, 5.41) is 9.14. The van der Waals surface area contributed by atoms with Gasteiger partial charge in [-0.3, -0.25) is 9.56 Å². The Balaban J connectivity index is 0.000000568. The van der Waals surface area contributed by atoms with Crippen LogP contribution in [-0.4, -0.2) is 33.4 Å². The van der Waals surface area contributed by atoms with Crippen LogP contribution in [-0.2, 0) is 11.3 Å². The minimum Gasteiger partial charge on any atom is -0.497 e. The SMILES string of the molecule is CC.CC.CC(C)=O.COc1ccc2c(c1)C(c1ccc(Cl)cc1)=NCc1nnc(C)n1-2. The Bertz CT molecular complexity index is 1040. The van der Waals surface area contributed by atoms with Crippen molar-refractivity contribution in [2.75, 3.05) is 7.11 Å². The second kappa shape index (κ2) is 13.4. The quantitative estimate of drug-likeness (QED) is 0.457. The van der Waals surface area contributed by atoms with Gasteiger partial charge in [0, 0.05) is 16.1 Å². The summed E-state index contributed by atoms with van der Waals surface area (Å²) in [6.45, 7) is 13.5. The van der Waals surface area contributed by atoms with E-state index in [-0.39, 0.29) is 5.78 Å². The highest BCUT2D eigenvalue weighted by atomic mass is 35.5. The number of nitrogens with zero attached hydrogens (tertiary/aromatic N) is 4. The van der Waals surface area contributed by atoms with Gasteiger partial charge >= 0.3 is 0 Å². The minimum atomic E-state index is 0.167. The number of ether oxygens (including phenoxy) is 1. The summed E-state index contributed by atoms with van der Waals surface area (Å²) >= 11 is 6.02. The maximum Gasteiger partial charge on any atom is 0.159 e. The molecule has 1 aromatic heterocycles. The van der Waals surface area contributed by atoms with Crippen LogP contribution in [0.15, 0.2) is 47.5 Å². The standard InChI is InChI=1S/C18H15ClN4O.C3H6O.2C2H6/c1-11-21-22-17-10-20-18(12-3-5-13(19)6-4-12)15-9-14(24-2)7-8-16(15)23(11)17;1-3(2)4;2*1-2/h3-9H,10H2,1-2H3;1-2H3;2*1-2H3. The number of halogens is 1. The highest BCUT2D eigenvalue weighted by Crippen LogP contribution is 2.29. The molecule has 0 spiro atoms. The molecule has 0 unspecified atom stereocenters. The lowest BCUT2D eigenvalue weighted by molar-refractivity contribution is -0.114. The van der Waals surface area contributed by atoms with Gasteiger partial charge in [0.2, 0.25) is 0 Å². The number of Topliss-reactive ketones (excluding diaryl/α,β-unsaturated/α-hetero) is 1. The topological polar surface area (TPSA) is 69.4 Å². The zero-order chi connectivity index (χ0) is 24.3. The van der Waals surface area contributed by atoms with Gasteiger partial charge in [-0.25, -0.2) is 0 Å². The summed E-state index contributed by atoms with van der Waals surface area (Å²) < 4.78 is 7.45. The van der Waals surface area contributed by atoms with Crippen LogP contribution in [0.4, 0.5) is 0 Å². The fraction of sp³-hybridized carbons (Fsp3) is 0.360. The molecule has 0 aliphatic carbocycles. The molecule has 172 valence electrons. The van der Waals surface area contributed by atoms with E-state index < -0.39 is 0 Å². The number of hydrogen-bond acceptors (Lipinski definition) is 5. The molecule has 2 heterocycles. The predicted octanol–water partition coefficient (Wildman–Crippen LogP) is 6.24. The predicted molar refractivity (Wildman–Crippen MR) is 132 cm³/mol. The van der Waals surface area contributed by atoms with Crippen molar-refractivity contribution in [3.8, 4) is 11.4 Å². The van der Waals surface area contributed by atoms with Crippen molar-refractivity contribution < 1.29 is 9.53 Å². The molecular formula is C25H33ClN4O2. The van der Waals surface area contributed by atoms with Crippen LogP contribution < -0.4 is 4.74 Å². The summed E-state index contributed by atoms with van der Waals surface area (Å²) in [7, 11) is 1.66. The summed E-state index contributed by atoms with van der Waals surface area (Å²) in [5.41, 5.74) is 3.88. The Morgan fingerprint density at radius 2 is 1.59 bits per heavy atom. The van der Waals surface area contributed by atoms with Gasteiger partial charge in [-0.05, 0) is 51.1 Å². The molecule has 0 amide bonds. The van der Waals surface area contributed by atoms with Crippen molar-refractivity contribution >= 4 is 23.1 Å². The second-order valence-electron chi connectivity index (χ2n) is 6.46. The third-order valence-electron chi connectivity index (χ3n) is 4.09. The van der Waals surface area contributed by atoms with E-state index in [1.165, 1.54) is 13.8 Å². The molecule has 7 heteroatoms. The summed E-state index contributed by atoms with van der Waals surface area (Å²) in [6, 6.07) is 13.6. The van der Waals surface area contributed by atoms with Gasteiger partial charge in [-0.1, -0.05) is 51.4 Å². The van der Waals surface area contributed by atoms with Gasteiger partial charge in [0.1, 0.15) is 23.9 Å². The first kappa shape index (κ1) is 27.0. The molecule has 3 aromatic rings. The molecule has 0 bridgehead atoms. The third kappa shape index (κ3) is 6.76. The van der Waals surface area contributed by atoms with Crippen LogP contribution >= 0.6 is 11.6 Å². The van der Waals surface area contributed by atoms with E-state index in [0.29, 0.717) is 11.6 Å². The van der Waals surface area contributed by atoms with Crippen LogP contribution in [0.5, 0.6) is 5.75 Å². The molecule has 0 saturated carbocycles. The fourth-order valence-electron chi connectivity index (χ4n) is 2.94. The maximum atomic E-state index is 9.44. The summed E-state index contributed by atoms with van der Waals surface area (Å²) in [4.78, 5) is 14.2. The largest absolute Gasteiger partial charge is 0.497 e. The van der Waals surface area contributed by atoms with Crippen LogP contribution in [0, 0.1) is 6.92 Å². The maximum absolute atomic E-state index is 9.44. The van der Waals surface area contributed by atoms with E-state index in [4.69, 9.17) is 21.3 Å². The van der Waals surface area contributed by atoms with Gasteiger partial charge in [0.05, 0.1) is 18.5 Å². The molecule has 1 aliphatic heterocycles. The summed E-state index contributed by atoms with van der Waals surface area (Å²) in [6.07, 6.45) is 0. The Morgan fingerprint density at radius 3 is 2.16 bits per heavy atom. The van der Waals surface area contributed by atoms with Crippen LogP contribution in [0.2, 0.25) is 5.02 Å². The van der Waals surface area contributed by atoms with Crippen molar-refractivity contribution in [1.29, 1.82) is 0 Å². The monoisotopic (exact) mass is 456 g/mol. The number of methoxy groups -OCH3 is 1. The Hall–Kier alpha value is -2.99. The molecule has 6 nitrogen and oxygen atoms in total. The first-order chi connectivity index (χ1) is 15.4. The highest BCUT2D eigenvalue weighted by molar-refractivity contribution is 6.30. The Morgan fingerprint density at radius 1 is 1.00 bits per heavy atom. The number of aromatic nitrogens is 3. The zero-order valence-corrected chi connectivity index (χ0v) is 21.0. The fourth-order valence-corrected chi connectivity index (χ4v) is 3.06. The van der Waals surface area contributed by atoms with E-state index in [0.717, 1.165) is 39.9 Å². The average molecular weight is 457 g/mol. The van der Waals surface area contributed by atoms with Gasteiger partial charge in [0.25, 0.3) is 0 Å². The molecule has 1 aliphatic rings. The van der Waals surface area contributed by atoms with E-state index >= 15 is 0 Å². The van der Waals surface area contributed by atoms with Crippen molar-refractivity contribution in [3.63, 3.8) is 0 Å².